The Morgan fingerprint density at radius 2 is 2.18 bits per heavy atom. The fourth-order valence-corrected chi connectivity index (χ4v) is 1.78. The first kappa shape index (κ1) is 11.7. The molecule has 0 aliphatic rings. The summed E-state index contributed by atoms with van der Waals surface area (Å²) in [5.74, 6) is -0.834. The van der Waals surface area contributed by atoms with Gasteiger partial charge in [-0.15, -0.1) is 0 Å². The van der Waals surface area contributed by atoms with Gasteiger partial charge >= 0.3 is 5.97 Å². The van der Waals surface area contributed by atoms with Crippen LogP contribution in [0.5, 0.6) is 0 Å². The lowest BCUT2D eigenvalue weighted by atomic mass is 10.1. The molecular formula is C12H11ClN2O2. The summed E-state index contributed by atoms with van der Waals surface area (Å²) < 4.78 is 1.60. The van der Waals surface area contributed by atoms with Crippen molar-refractivity contribution in [2.75, 3.05) is 0 Å². The lowest BCUT2D eigenvalue weighted by molar-refractivity contribution is -0.137. The van der Waals surface area contributed by atoms with Gasteiger partial charge in [0.1, 0.15) is 0 Å². The van der Waals surface area contributed by atoms with E-state index in [4.69, 9.17) is 16.7 Å². The van der Waals surface area contributed by atoms with Gasteiger partial charge in [0.05, 0.1) is 19.2 Å². The first-order valence-corrected chi connectivity index (χ1v) is 5.54. The molecule has 2 aromatic rings. The fraction of sp³-hybridized carbons (Fsp3) is 0.167. The summed E-state index contributed by atoms with van der Waals surface area (Å²) in [5.41, 5.74) is 1.79. The Morgan fingerprint density at radius 3 is 2.88 bits per heavy atom. The number of rotatable bonds is 4. The molecule has 0 aliphatic carbocycles. The zero-order chi connectivity index (χ0) is 12.3. The van der Waals surface area contributed by atoms with Gasteiger partial charge in [-0.05, 0) is 6.07 Å². The van der Waals surface area contributed by atoms with Crippen molar-refractivity contribution in [2.45, 2.75) is 13.0 Å². The maximum absolute atomic E-state index is 10.4. The van der Waals surface area contributed by atoms with Crippen LogP contribution in [0.3, 0.4) is 0 Å². The smallest absolute Gasteiger partial charge is 0.305 e. The number of benzene rings is 1. The number of nitrogens with zero attached hydrogens (tertiary/aromatic N) is 2. The highest BCUT2D eigenvalue weighted by Gasteiger charge is 2.06. The van der Waals surface area contributed by atoms with Crippen LogP contribution in [0.15, 0.2) is 36.7 Å². The molecule has 5 heteroatoms. The third kappa shape index (κ3) is 2.85. The molecular weight excluding hydrogens is 240 g/mol. The number of carboxylic acids is 1. The number of aryl methyl sites for hydroxylation is 1. The summed E-state index contributed by atoms with van der Waals surface area (Å²) in [7, 11) is 0. The molecule has 0 saturated heterocycles. The van der Waals surface area contributed by atoms with Crippen LogP contribution in [0.2, 0.25) is 5.02 Å². The van der Waals surface area contributed by atoms with Gasteiger partial charge in [0.2, 0.25) is 0 Å². The molecule has 2 rings (SSSR count). The van der Waals surface area contributed by atoms with Gasteiger partial charge in [-0.2, -0.15) is 5.10 Å². The second-order valence-electron chi connectivity index (χ2n) is 3.62. The molecule has 0 atom stereocenters. The van der Waals surface area contributed by atoms with Crippen molar-refractivity contribution in [1.82, 2.24) is 9.78 Å². The van der Waals surface area contributed by atoms with Crippen LogP contribution in [0.1, 0.15) is 6.42 Å². The van der Waals surface area contributed by atoms with Crippen LogP contribution in [0, 0.1) is 0 Å². The molecule has 88 valence electrons. The Bertz CT molecular complexity index is 537. The number of aromatic nitrogens is 2. The van der Waals surface area contributed by atoms with Gasteiger partial charge < -0.3 is 5.11 Å². The molecule has 1 aromatic heterocycles. The molecule has 0 aliphatic heterocycles. The molecule has 0 amide bonds. The zero-order valence-corrected chi connectivity index (χ0v) is 9.76. The quantitative estimate of drug-likeness (QED) is 0.908. The third-order valence-corrected chi connectivity index (χ3v) is 2.70. The van der Waals surface area contributed by atoms with Crippen LogP contribution in [-0.4, -0.2) is 20.9 Å². The van der Waals surface area contributed by atoms with Gasteiger partial charge in [-0.3, -0.25) is 9.48 Å². The van der Waals surface area contributed by atoms with Crippen LogP contribution in [0.4, 0.5) is 0 Å². The Kier molecular flexibility index (Phi) is 3.44. The van der Waals surface area contributed by atoms with Crippen molar-refractivity contribution >= 4 is 17.6 Å². The number of hydrogen-bond acceptors (Lipinski definition) is 2. The van der Waals surface area contributed by atoms with Crippen molar-refractivity contribution in [3.05, 3.63) is 41.7 Å². The van der Waals surface area contributed by atoms with Crippen molar-refractivity contribution in [1.29, 1.82) is 0 Å². The Balaban J connectivity index is 2.18. The Hall–Kier alpha value is -1.81. The Labute approximate surface area is 103 Å². The lowest BCUT2D eigenvalue weighted by Gasteiger charge is -1.99. The number of halogens is 1. The Morgan fingerprint density at radius 1 is 1.41 bits per heavy atom. The van der Waals surface area contributed by atoms with Gasteiger partial charge in [0, 0.05) is 22.3 Å². The lowest BCUT2D eigenvalue weighted by Crippen LogP contribution is -2.04. The molecule has 0 unspecified atom stereocenters. The summed E-state index contributed by atoms with van der Waals surface area (Å²) in [5, 5.41) is 13.3. The van der Waals surface area contributed by atoms with Crippen LogP contribution in [0.25, 0.3) is 11.1 Å². The highest BCUT2D eigenvalue weighted by Crippen LogP contribution is 2.26. The minimum atomic E-state index is -0.834. The number of carboxylic acid groups (broad SMARTS) is 1. The topological polar surface area (TPSA) is 55.1 Å². The monoisotopic (exact) mass is 250 g/mol. The van der Waals surface area contributed by atoms with E-state index in [9.17, 15) is 4.79 Å². The maximum Gasteiger partial charge on any atom is 0.305 e. The number of carbonyl (C=O) groups is 1. The van der Waals surface area contributed by atoms with Crippen molar-refractivity contribution < 1.29 is 9.90 Å². The molecule has 1 aromatic carbocycles. The summed E-state index contributed by atoms with van der Waals surface area (Å²) >= 11 is 6.06. The normalized spacial score (nSPS) is 10.4. The van der Waals surface area contributed by atoms with Gasteiger partial charge in [-0.25, -0.2) is 0 Å². The van der Waals surface area contributed by atoms with Crippen molar-refractivity contribution in [2.24, 2.45) is 0 Å². The molecule has 0 radical (unpaired) electrons. The van der Waals surface area contributed by atoms with E-state index < -0.39 is 5.97 Å². The standard InChI is InChI=1S/C12H11ClN2O2/c13-11-4-2-1-3-10(11)9-7-14-15(8-9)6-5-12(16)17/h1-4,7-8H,5-6H2,(H,16,17). The predicted molar refractivity (Wildman–Crippen MR) is 64.9 cm³/mol. The second-order valence-corrected chi connectivity index (χ2v) is 4.02. The predicted octanol–water partition coefficient (Wildman–Crippen LogP) is 2.68. The van der Waals surface area contributed by atoms with E-state index in [2.05, 4.69) is 5.10 Å². The SMILES string of the molecule is O=C(O)CCn1cc(-c2ccccc2Cl)cn1. The minimum Gasteiger partial charge on any atom is -0.481 e. The first-order chi connectivity index (χ1) is 8.16. The van der Waals surface area contributed by atoms with Crippen LogP contribution in [-0.2, 0) is 11.3 Å². The zero-order valence-electron chi connectivity index (χ0n) is 9.01. The van der Waals surface area contributed by atoms with E-state index in [1.807, 2.05) is 24.3 Å². The minimum absolute atomic E-state index is 0.0592. The van der Waals surface area contributed by atoms with E-state index in [0.29, 0.717) is 11.6 Å². The van der Waals surface area contributed by atoms with Crippen molar-refractivity contribution in [3.63, 3.8) is 0 Å². The summed E-state index contributed by atoms with van der Waals surface area (Å²) in [6.45, 7) is 0.361. The van der Waals surface area contributed by atoms with Gasteiger partial charge in [0.25, 0.3) is 0 Å². The van der Waals surface area contributed by atoms with E-state index >= 15 is 0 Å². The average molecular weight is 251 g/mol. The van der Waals surface area contributed by atoms with E-state index in [1.54, 1.807) is 17.1 Å². The summed E-state index contributed by atoms with van der Waals surface area (Å²) in [4.78, 5) is 10.4. The van der Waals surface area contributed by atoms with Crippen LogP contribution < -0.4 is 0 Å². The molecule has 17 heavy (non-hydrogen) atoms. The number of aliphatic carboxylic acids is 1. The van der Waals surface area contributed by atoms with Gasteiger partial charge in [0.15, 0.2) is 0 Å². The average Bonchev–Trinajstić information content (AvgIpc) is 2.75. The van der Waals surface area contributed by atoms with E-state index in [0.717, 1.165) is 11.1 Å². The molecule has 4 nitrogen and oxygen atoms in total. The second kappa shape index (κ2) is 5.01. The molecule has 1 N–H and O–H groups in total. The summed E-state index contributed by atoms with van der Waals surface area (Å²) in [6.07, 6.45) is 3.54. The fourth-order valence-electron chi connectivity index (χ4n) is 1.53. The molecule has 0 saturated carbocycles. The highest BCUT2D eigenvalue weighted by molar-refractivity contribution is 6.33. The largest absolute Gasteiger partial charge is 0.481 e. The highest BCUT2D eigenvalue weighted by atomic mass is 35.5. The molecule has 1 heterocycles. The molecule has 0 spiro atoms. The first-order valence-electron chi connectivity index (χ1n) is 5.16. The molecule has 0 fully saturated rings. The van der Waals surface area contributed by atoms with Crippen LogP contribution >= 0.6 is 11.6 Å². The maximum atomic E-state index is 10.4. The van der Waals surface area contributed by atoms with E-state index in [-0.39, 0.29) is 6.42 Å². The van der Waals surface area contributed by atoms with Gasteiger partial charge in [-0.1, -0.05) is 29.8 Å². The van der Waals surface area contributed by atoms with E-state index in [1.165, 1.54) is 0 Å². The third-order valence-electron chi connectivity index (χ3n) is 2.37. The number of hydrogen-bond donors (Lipinski definition) is 1. The van der Waals surface area contributed by atoms with Crippen molar-refractivity contribution in [3.8, 4) is 11.1 Å². The molecule has 0 bridgehead atoms. The summed E-state index contributed by atoms with van der Waals surface area (Å²) in [6, 6.07) is 7.48.